The number of nitrogens with zero attached hydrogens (tertiary/aromatic N) is 4. The Morgan fingerprint density at radius 1 is 1.27 bits per heavy atom. The highest BCUT2D eigenvalue weighted by molar-refractivity contribution is 5.77. The number of carboxylic acid groups (broad SMARTS) is 1. The molecule has 22 heavy (non-hydrogen) atoms. The number of anilines is 1. The minimum absolute atomic E-state index is 0.423. The number of carbonyl (C=O) groups is 1. The van der Waals surface area contributed by atoms with E-state index < -0.39 is 12.0 Å². The van der Waals surface area contributed by atoms with E-state index >= 15 is 0 Å². The van der Waals surface area contributed by atoms with Crippen LogP contribution in [0.15, 0.2) is 29.6 Å². The van der Waals surface area contributed by atoms with Gasteiger partial charge in [0, 0.05) is 5.69 Å². The minimum Gasteiger partial charge on any atom is -0.480 e. The molecule has 7 heteroatoms. The monoisotopic (exact) mass is 302 g/mol. The summed E-state index contributed by atoms with van der Waals surface area (Å²) in [6.45, 7) is 7.34. The van der Waals surface area contributed by atoms with E-state index in [2.05, 4.69) is 10.4 Å². The Morgan fingerprint density at radius 2 is 1.86 bits per heavy atom. The predicted octanol–water partition coefficient (Wildman–Crippen LogP) is 2.76. The van der Waals surface area contributed by atoms with Crippen molar-refractivity contribution in [3.8, 4) is 5.69 Å². The van der Waals surface area contributed by atoms with Crippen molar-refractivity contribution >= 4 is 11.7 Å². The molecule has 116 valence electrons. The normalized spacial score (nSPS) is 12.0. The molecule has 1 N–H and O–H groups in total. The molecular formula is C15H18N4O3. The molecule has 0 radical (unpaired) electrons. The Hall–Kier alpha value is -2.70. The minimum atomic E-state index is -1.11. The van der Waals surface area contributed by atoms with Crippen LogP contribution in [0.2, 0.25) is 0 Å². The number of aryl methyl sites for hydroxylation is 1. The number of carboxylic acids is 1. The van der Waals surface area contributed by atoms with Crippen molar-refractivity contribution < 1.29 is 9.90 Å². The summed E-state index contributed by atoms with van der Waals surface area (Å²) in [6, 6.07) is 5.84. The number of aliphatic carboxylic acids is 1. The average Bonchev–Trinajstić information content (AvgIpc) is 2.76. The molecule has 0 aliphatic rings. The van der Waals surface area contributed by atoms with Gasteiger partial charge in [0.2, 0.25) is 0 Å². The lowest BCUT2D eigenvalue weighted by atomic mass is 10.2. The van der Waals surface area contributed by atoms with Crippen LogP contribution in [0.1, 0.15) is 23.9 Å². The molecule has 0 spiro atoms. The van der Waals surface area contributed by atoms with Gasteiger partial charge in [-0.1, -0.05) is 0 Å². The molecule has 0 saturated carbocycles. The second kappa shape index (κ2) is 5.97. The van der Waals surface area contributed by atoms with Gasteiger partial charge in [-0.2, -0.15) is 5.10 Å². The van der Waals surface area contributed by atoms with Gasteiger partial charge < -0.3 is 5.11 Å². The summed E-state index contributed by atoms with van der Waals surface area (Å²) in [5, 5.41) is 17.2. The Morgan fingerprint density at radius 3 is 2.27 bits per heavy atom. The summed E-state index contributed by atoms with van der Waals surface area (Å²) < 4.78 is 1.81. The lowest BCUT2D eigenvalue weighted by Gasteiger charge is -2.19. The Labute approximate surface area is 128 Å². The molecule has 0 aliphatic carbocycles. The molecule has 1 atom stereocenters. The summed E-state index contributed by atoms with van der Waals surface area (Å²) >= 11 is 0. The van der Waals surface area contributed by atoms with Crippen LogP contribution < -0.4 is 5.01 Å². The average molecular weight is 302 g/mol. The SMILES string of the molecule is Cc1nn(-c2ccc(N(N=O)C(C)C(=O)O)cc2)c(C)c1C. The van der Waals surface area contributed by atoms with Crippen molar-refractivity contribution in [1.82, 2.24) is 9.78 Å². The number of aromatic nitrogens is 2. The van der Waals surface area contributed by atoms with Crippen molar-refractivity contribution in [2.45, 2.75) is 33.7 Å². The molecule has 7 nitrogen and oxygen atoms in total. The second-order valence-electron chi connectivity index (χ2n) is 5.16. The first kappa shape index (κ1) is 15.7. The van der Waals surface area contributed by atoms with Gasteiger partial charge in [-0.15, -0.1) is 4.91 Å². The smallest absolute Gasteiger partial charge is 0.328 e. The third-order valence-electron chi connectivity index (χ3n) is 3.82. The van der Waals surface area contributed by atoms with E-state index in [1.54, 1.807) is 24.3 Å². The van der Waals surface area contributed by atoms with Crippen molar-refractivity contribution in [3.63, 3.8) is 0 Å². The van der Waals surface area contributed by atoms with E-state index in [1.807, 2.05) is 25.5 Å². The summed E-state index contributed by atoms with van der Waals surface area (Å²) in [4.78, 5) is 21.9. The molecule has 0 aliphatic heterocycles. The van der Waals surface area contributed by atoms with Crippen molar-refractivity contribution in [3.05, 3.63) is 46.1 Å². The molecule has 0 amide bonds. The first-order valence-corrected chi connectivity index (χ1v) is 6.85. The molecule has 2 rings (SSSR count). The van der Waals surface area contributed by atoms with E-state index in [0.717, 1.165) is 27.6 Å². The molecule has 1 aromatic carbocycles. The maximum Gasteiger partial charge on any atom is 0.328 e. The molecule has 1 heterocycles. The van der Waals surface area contributed by atoms with Gasteiger partial charge in [0.05, 0.1) is 22.4 Å². The fourth-order valence-electron chi connectivity index (χ4n) is 2.16. The number of rotatable bonds is 5. The third-order valence-corrected chi connectivity index (χ3v) is 3.82. The van der Waals surface area contributed by atoms with Gasteiger partial charge in [0.1, 0.15) is 6.04 Å². The van der Waals surface area contributed by atoms with Crippen LogP contribution in [0.3, 0.4) is 0 Å². The largest absolute Gasteiger partial charge is 0.480 e. The summed E-state index contributed by atoms with van der Waals surface area (Å²) in [7, 11) is 0. The molecule has 0 bridgehead atoms. The maximum atomic E-state index is 11.0. The van der Waals surface area contributed by atoms with Crippen molar-refractivity contribution in [1.29, 1.82) is 0 Å². The number of nitroso groups, excluding NO2 is 1. The highest BCUT2D eigenvalue weighted by atomic mass is 16.4. The molecule has 1 unspecified atom stereocenters. The summed E-state index contributed by atoms with van der Waals surface area (Å²) in [5.41, 5.74) is 4.38. The van der Waals surface area contributed by atoms with Crippen molar-refractivity contribution in [2.75, 3.05) is 5.01 Å². The highest BCUT2D eigenvalue weighted by Gasteiger charge is 2.22. The molecule has 2 aromatic rings. The van der Waals surface area contributed by atoms with E-state index in [9.17, 15) is 9.70 Å². The summed E-state index contributed by atoms with van der Waals surface area (Å²) in [5.74, 6) is -1.11. The molecular weight excluding hydrogens is 284 g/mol. The zero-order valence-electron chi connectivity index (χ0n) is 12.9. The topological polar surface area (TPSA) is 87.8 Å². The lowest BCUT2D eigenvalue weighted by Crippen LogP contribution is -2.34. The van der Waals surface area contributed by atoms with E-state index in [4.69, 9.17) is 5.11 Å². The first-order valence-electron chi connectivity index (χ1n) is 6.85. The number of hydrogen-bond acceptors (Lipinski definition) is 4. The van der Waals surface area contributed by atoms with Crippen LogP contribution >= 0.6 is 0 Å². The zero-order chi connectivity index (χ0) is 16.4. The van der Waals surface area contributed by atoms with Crippen LogP contribution in [-0.2, 0) is 4.79 Å². The van der Waals surface area contributed by atoms with Gasteiger partial charge in [-0.3, -0.25) is 0 Å². The number of hydrogen-bond donors (Lipinski definition) is 1. The van der Waals surface area contributed by atoms with Crippen LogP contribution in [0, 0.1) is 25.7 Å². The highest BCUT2D eigenvalue weighted by Crippen LogP contribution is 2.22. The van der Waals surface area contributed by atoms with E-state index in [0.29, 0.717) is 5.69 Å². The van der Waals surface area contributed by atoms with Crippen LogP contribution in [0.5, 0.6) is 0 Å². The van der Waals surface area contributed by atoms with Gasteiger partial charge in [-0.05, 0) is 57.5 Å². The Kier molecular flexibility index (Phi) is 4.25. The molecule has 0 fully saturated rings. The summed E-state index contributed by atoms with van der Waals surface area (Å²) in [6.07, 6.45) is 0. The van der Waals surface area contributed by atoms with Crippen molar-refractivity contribution in [2.24, 2.45) is 5.29 Å². The third kappa shape index (κ3) is 2.69. The lowest BCUT2D eigenvalue weighted by molar-refractivity contribution is -0.138. The quantitative estimate of drug-likeness (QED) is 0.677. The van der Waals surface area contributed by atoms with Gasteiger partial charge in [0.15, 0.2) is 0 Å². The van der Waals surface area contributed by atoms with Gasteiger partial charge in [-0.25, -0.2) is 14.5 Å². The predicted molar refractivity (Wildman–Crippen MR) is 83.1 cm³/mol. The fourth-order valence-corrected chi connectivity index (χ4v) is 2.16. The second-order valence-corrected chi connectivity index (χ2v) is 5.16. The van der Waals surface area contributed by atoms with Gasteiger partial charge in [0.25, 0.3) is 0 Å². The zero-order valence-corrected chi connectivity index (χ0v) is 12.9. The van der Waals surface area contributed by atoms with E-state index in [1.165, 1.54) is 6.92 Å². The Balaban J connectivity index is 2.35. The first-order chi connectivity index (χ1) is 10.4. The fraction of sp³-hybridized carbons (Fsp3) is 0.333. The van der Waals surface area contributed by atoms with Crippen LogP contribution in [-0.4, -0.2) is 26.9 Å². The molecule has 0 saturated heterocycles. The molecule has 1 aromatic heterocycles. The van der Waals surface area contributed by atoms with Crippen LogP contribution in [0.25, 0.3) is 5.69 Å². The standard InChI is InChI=1S/C15H18N4O3/c1-9-10(2)16-18(11(9)3)13-5-7-14(8-6-13)19(17-22)12(4)15(20)21/h5-8,12H,1-4H3,(H,20,21). The Bertz CT molecular complexity index is 706. The van der Waals surface area contributed by atoms with E-state index in [-0.39, 0.29) is 0 Å². The van der Waals surface area contributed by atoms with Gasteiger partial charge >= 0.3 is 5.97 Å². The number of benzene rings is 1. The maximum absolute atomic E-state index is 11.0. The van der Waals surface area contributed by atoms with Crippen LogP contribution in [0.4, 0.5) is 5.69 Å².